The number of ether oxygens (including phenoxy) is 1. The molecule has 2 saturated heterocycles. The van der Waals surface area contributed by atoms with E-state index in [0.717, 1.165) is 36.7 Å². The lowest BCUT2D eigenvalue weighted by molar-refractivity contribution is -0.152. The van der Waals surface area contributed by atoms with E-state index < -0.39 is 17.9 Å². The van der Waals surface area contributed by atoms with Crippen molar-refractivity contribution in [3.63, 3.8) is 0 Å². The first-order chi connectivity index (χ1) is 18.5. The van der Waals surface area contributed by atoms with Gasteiger partial charge >= 0.3 is 0 Å². The van der Waals surface area contributed by atoms with Crippen LogP contribution in [0, 0.1) is 5.92 Å². The number of carbonyl (C=O) groups excluding carboxylic acids is 3. The molecule has 1 unspecified atom stereocenters. The van der Waals surface area contributed by atoms with Crippen LogP contribution in [0.4, 0.5) is 0 Å². The van der Waals surface area contributed by atoms with Crippen LogP contribution in [0.2, 0.25) is 0 Å². The second-order valence-electron chi connectivity index (χ2n) is 11.0. The quantitative estimate of drug-likeness (QED) is 0.325. The molecule has 3 heterocycles. The van der Waals surface area contributed by atoms with Crippen LogP contribution < -0.4 is 10.6 Å². The van der Waals surface area contributed by atoms with Gasteiger partial charge in [0.05, 0.1) is 6.54 Å². The topological polar surface area (TPSA) is 99.4 Å². The number of hydrogen-bond acceptors (Lipinski definition) is 7. The van der Waals surface area contributed by atoms with E-state index in [4.69, 9.17) is 10.6 Å². The summed E-state index contributed by atoms with van der Waals surface area (Å²) < 4.78 is 6.15. The van der Waals surface area contributed by atoms with E-state index >= 15 is 0 Å². The van der Waals surface area contributed by atoms with Crippen molar-refractivity contribution in [1.29, 1.82) is 0 Å². The maximum absolute atomic E-state index is 13.1. The van der Waals surface area contributed by atoms with E-state index in [1.54, 1.807) is 12.1 Å². The zero-order valence-corrected chi connectivity index (χ0v) is 21.7. The van der Waals surface area contributed by atoms with Crippen molar-refractivity contribution in [3.8, 4) is 5.75 Å². The SMILES string of the molecule is NN1C(=O)CCC(N2Cc3c(OCc4ccc(CN5CCN(CC6CC6)CC5)cc4)cccc3C2=O)C1=O. The van der Waals surface area contributed by atoms with Crippen LogP contribution in [-0.2, 0) is 29.3 Å². The molecule has 6 rings (SSSR count). The van der Waals surface area contributed by atoms with E-state index in [-0.39, 0.29) is 25.3 Å². The normalized spacial score (nSPS) is 22.8. The molecule has 1 aliphatic carbocycles. The van der Waals surface area contributed by atoms with Crippen LogP contribution in [-0.4, -0.2) is 76.2 Å². The van der Waals surface area contributed by atoms with Gasteiger partial charge in [-0.15, -0.1) is 0 Å². The highest BCUT2D eigenvalue weighted by atomic mass is 16.5. The molecule has 0 spiro atoms. The Bertz CT molecular complexity index is 1220. The molecule has 9 nitrogen and oxygen atoms in total. The first kappa shape index (κ1) is 25.0. The Hall–Kier alpha value is -3.27. The number of rotatable bonds is 8. The number of carbonyl (C=O) groups is 3. The fourth-order valence-corrected chi connectivity index (χ4v) is 5.75. The molecular formula is C29H35N5O4. The summed E-state index contributed by atoms with van der Waals surface area (Å²) >= 11 is 0. The minimum atomic E-state index is -0.737. The smallest absolute Gasteiger partial charge is 0.266 e. The molecule has 9 heteroatoms. The Balaban J connectivity index is 1.04. The molecule has 38 heavy (non-hydrogen) atoms. The number of piperazine rings is 1. The summed E-state index contributed by atoms with van der Waals surface area (Å²) in [5.41, 5.74) is 3.66. The first-order valence-corrected chi connectivity index (χ1v) is 13.7. The summed E-state index contributed by atoms with van der Waals surface area (Å²) in [4.78, 5) is 44.1. The fraction of sp³-hybridized carbons (Fsp3) is 0.483. The van der Waals surface area contributed by atoms with Gasteiger partial charge in [-0.25, -0.2) is 10.9 Å². The second-order valence-corrected chi connectivity index (χ2v) is 11.0. The summed E-state index contributed by atoms with van der Waals surface area (Å²) in [5, 5.41) is 0.639. The number of benzene rings is 2. The largest absolute Gasteiger partial charge is 0.489 e. The van der Waals surface area contributed by atoms with E-state index in [0.29, 0.717) is 22.9 Å². The van der Waals surface area contributed by atoms with Crippen LogP contribution in [0.15, 0.2) is 42.5 Å². The van der Waals surface area contributed by atoms with Gasteiger partial charge in [0.15, 0.2) is 0 Å². The number of piperidine rings is 1. The monoisotopic (exact) mass is 517 g/mol. The van der Waals surface area contributed by atoms with E-state index in [1.807, 2.05) is 6.07 Å². The molecule has 2 aromatic rings. The lowest BCUT2D eigenvalue weighted by Gasteiger charge is -2.34. The van der Waals surface area contributed by atoms with Crippen molar-refractivity contribution in [2.24, 2.45) is 11.8 Å². The van der Waals surface area contributed by atoms with Gasteiger partial charge in [-0.05, 0) is 48.4 Å². The third kappa shape index (κ3) is 5.18. The van der Waals surface area contributed by atoms with Gasteiger partial charge in [-0.2, -0.15) is 0 Å². The molecular weight excluding hydrogens is 482 g/mol. The molecule has 200 valence electrons. The molecule has 0 bridgehead atoms. The summed E-state index contributed by atoms with van der Waals surface area (Å²) in [6, 6.07) is 13.2. The van der Waals surface area contributed by atoms with Crippen molar-refractivity contribution in [3.05, 3.63) is 64.7 Å². The van der Waals surface area contributed by atoms with Crippen LogP contribution in [0.25, 0.3) is 0 Å². The number of nitrogens with zero attached hydrogens (tertiary/aromatic N) is 4. The van der Waals surface area contributed by atoms with Crippen LogP contribution in [0.1, 0.15) is 52.7 Å². The van der Waals surface area contributed by atoms with Gasteiger partial charge in [0, 0.05) is 56.8 Å². The molecule has 3 aliphatic heterocycles. The molecule has 2 aromatic carbocycles. The Morgan fingerprint density at radius 3 is 2.32 bits per heavy atom. The Morgan fingerprint density at radius 2 is 1.58 bits per heavy atom. The predicted octanol–water partition coefficient (Wildman–Crippen LogP) is 2.14. The lowest BCUT2D eigenvalue weighted by Crippen LogP contribution is -2.57. The molecule has 2 N–H and O–H groups in total. The average Bonchev–Trinajstić information content (AvgIpc) is 3.69. The van der Waals surface area contributed by atoms with Crippen molar-refractivity contribution >= 4 is 17.7 Å². The second kappa shape index (κ2) is 10.5. The summed E-state index contributed by atoms with van der Waals surface area (Å²) in [6.07, 6.45) is 3.25. The lowest BCUT2D eigenvalue weighted by atomic mass is 10.0. The number of amides is 3. The standard InChI is InChI=1S/C29H35N5O4/c30-34-27(35)11-10-25(29(34)37)33-18-24-23(28(33)36)2-1-3-26(24)38-19-22-8-6-21(7-9-22)17-32-14-12-31(13-15-32)16-20-4-5-20/h1-3,6-9,20,25H,4-5,10-19,30H2. The van der Waals surface area contributed by atoms with Crippen LogP contribution in [0.5, 0.6) is 5.75 Å². The average molecular weight is 518 g/mol. The highest BCUT2D eigenvalue weighted by Gasteiger charge is 2.42. The highest BCUT2D eigenvalue weighted by molar-refractivity contribution is 6.05. The number of hydrogen-bond donors (Lipinski definition) is 1. The summed E-state index contributed by atoms with van der Waals surface area (Å²) in [7, 11) is 0. The van der Waals surface area contributed by atoms with E-state index in [1.165, 1.54) is 42.9 Å². The molecule has 0 radical (unpaired) electrons. The highest BCUT2D eigenvalue weighted by Crippen LogP contribution is 2.34. The molecule has 3 amide bonds. The van der Waals surface area contributed by atoms with Gasteiger partial charge in [0.2, 0.25) is 5.91 Å². The zero-order valence-electron chi connectivity index (χ0n) is 21.7. The minimum Gasteiger partial charge on any atom is -0.489 e. The van der Waals surface area contributed by atoms with Crippen molar-refractivity contribution in [2.75, 3.05) is 32.7 Å². The third-order valence-corrected chi connectivity index (χ3v) is 8.25. The number of hydrazine groups is 1. The number of imide groups is 1. The number of nitrogens with two attached hydrogens (primary N) is 1. The molecule has 3 fully saturated rings. The van der Waals surface area contributed by atoms with Gasteiger partial charge < -0.3 is 14.5 Å². The Labute approximate surface area is 223 Å². The van der Waals surface area contributed by atoms with Gasteiger partial charge in [0.25, 0.3) is 11.8 Å². The van der Waals surface area contributed by atoms with E-state index in [2.05, 4.69) is 34.1 Å². The Kier molecular flexibility index (Phi) is 6.90. The molecule has 1 atom stereocenters. The van der Waals surface area contributed by atoms with Gasteiger partial charge in [0.1, 0.15) is 18.4 Å². The molecule has 0 aromatic heterocycles. The van der Waals surface area contributed by atoms with Gasteiger partial charge in [-0.3, -0.25) is 19.3 Å². The maximum Gasteiger partial charge on any atom is 0.266 e. The maximum atomic E-state index is 13.1. The first-order valence-electron chi connectivity index (χ1n) is 13.7. The van der Waals surface area contributed by atoms with E-state index in [9.17, 15) is 14.4 Å². The van der Waals surface area contributed by atoms with Crippen molar-refractivity contribution < 1.29 is 19.1 Å². The van der Waals surface area contributed by atoms with Crippen molar-refractivity contribution in [2.45, 2.75) is 51.4 Å². The zero-order chi connectivity index (χ0) is 26.2. The van der Waals surface area contributed by atoms with Crippen LogP contribution in [0.3, 0.4) is 0 Å². The third-order valence-electron chi connectivity index (χ3n) is 8.25. The summed E-state index contributed by atoms with van der Waals surface area (Å²) in [6.45, 7) is 7.48. The minimum absolute atomic E-state index is 0.142. The number of fused-ring (bicyclic) bond motifs is 1. The van der Waals surface area contributed by atoms with Crippen LogP contribution >= 0.6 is 0 Å². The van der Waals surface area contributed by atoms with Crippen molar-refractivity contribution in [1.82, 2.24) is 19.7 Å². The van der Waals surface area contributed by atoms with Gasteiger partial charge in [-0.1, -0.05) is 30.3 Å². The summed E-state index contributed by atoms with van der Waals surface area (Å²) in [5.74, 6) is 6.03. The Morgan fingerprint density at radius 1 is 0.868 bits per heavy atom. The predicted molar refractivity (Wildman–Crippen MR) is 141 cm³/mol. The molecule has 4 aliphatic rings. The fourth-order valence-electron chi connectivity index (χ4n) is 5.75. The molecule has 1 saturated carbocycles.